The van der Waals surface area contributed by atoms with Crippen LogP contribution in [0.25, 0.3) is 5.69 Å². The number of aldehydes is 1. The van der Waals surface area contributed by atoms with Crippen molar-refractivity contribution in [3.63, 3.8) is 0 Å². The summed E-state index contributed by atoms with van der Waals surface area (Å²) in [6, 6.07) is 11.5. The van der Waals surface area contributed by atoms with Gasteiger partial charge in [0, 0.05) is 6.07 Å². The summed E-state index contributed by atoms with van der Waals surface area (Å²) in [7, 11) is 0. The van der Waals surface area contributed by atoms with E-state index < -0.39 is 0 Å². The standard InChI is InChI=1S/C11H10N2OS/c1-15-11-7-9(8-14)12-13(11)10-5-3-2-4-6-10/h2-8H,1H3. The lowest BCUT2D eigenvalue weighted by molar-refractivity contribution is 0.111. The Balaban J connectivity index is 2.52. The summed E-state index contributed by atoms with van der Waals surface area (Å²) in [6.45, 7) is 0. The lowest BCUT2D eigenvalue weighted by Crippen LogP contribution is -1.97. The smallest absolute Gasteiger partial charge is 0.170 e. The van der Waals surface area contributed by atoms with Crippen molar-refractivity contribution in [2.75, 3.05) is 6.26 Å². The van der Waals surface area contributed by atoms with Gasteiger partial charge in [-0.3, -0.25) is 4.79 Å². The van der Waals surface area contributed by atoms with Gasteiger partial charge in [-0.25, -0.2) is 4.68 Å². The van der Waals surface area contributed by atoms with Crippen molar-refractivity contribution in [2.45, 2.75) is 5.03 Å². The van der Waals surface area contributed by atoms with Crippen molar-refractivity contribution in [3.8, 4) is 5.69 Å². The van der Waals surface area contributed by atoms with Crippen LogP contribution in [0.2, 0.25) is 0 Å². The Bertz CT molecular complexity index is 465. The molecule has 0 saturated heterocycles. The molecule has 0 bridgehead atoms. The maximum Gasteiger partial charge on any atom is 0.170 e. The van der Waals surface area contributed by atoms with E-state index in [1.807, 2.05) is 36.6 Å². The van der Waals surface area contributed by atoms with Crippen LogP contribution in [0.4, 0.5) is 0 Å². The van der Waals surface area contributed by atoms with Gasteiger partial charge in [0.15, 0.2) is 6.29 Å². The van der Waals surface area contributed by atoms with Crippen LogP contribution in [-0.2, 0) is 0 Å². The molecule has 76 valence electrons. The lowest BCUT2D eigenvalue weighted by Gasteiger charge is -2.03. The van der Waals surface area contributed by atoms with Gasteiger partial charge in [-0.2, -0.15) is 5.10 Å². The normalized spacial score (nSPS) is 10.2. The SMILES string of the molecule is CSc1cc(C=O)nn1-c1ccccc1. The molecule has 2 aromatic rings. The van der Waals surface area contributed by atoms with Gasteiger partial charge in [0.1, 0.15) is 10.7 Å². The second kappa shape index (κ2) is 4.31. The number of carbonyl (C=O) groups is 1. The summed E-state index contributed by atoms with van der Waals surface area (Å²) >= 11 is 1.57. The number of hydrogen-bond acceptors (Lipinski definition) is 3. The average molecular weight is 218 g/mol. The van der Waals surface area contributed by atoms with Crippen molar-refractivity contribution in [3.05, 3.63) is 42.1 Å². The van der Waals surface area contributed by atoms with E-state index in [-0.39, 0.29) is 0 Å². The molecule has 0 radical (unpaired) electrons. The highest BCUT2D eigenvalue weighted by molar-refractivity contribution is 7.98. The number of carbonyl (C=O) groups excluding carboxylic acids is 1. The zero-order chi connectivity index (χ0) is 10.7. The molecule has 2 rings (SSSR count). The molecule has 0 aliphatic carbocycles. The molecule has 0 amide bonds. The molecule has 0 spiro atoms. The predicted octanol–water partition coefficient (Wildman–Crippen LogP) is 2.41. The molecule has 0 fully saturated rings. The Morgan fingerprint density at radius 1 is 1.33 bits per heavy atom. The van der Waals surface area contributed by atoms with E-state index in [1.165, 1.54) is 0 Å². The summed E-state index contributed by atoms with van der Waals surface area (Å²) in [5.41, 5.74) is 1.43. The summed E-state index contributed by atoms with van der Waals surface area (Å²) in [5, 5.41) is 5.16. The van der Waals surface area contributed by atoms with Gasteiger partial charge in [0.25, 0.3) is 0 Å². The highest BCUT2D eigenvalue weighted by Crippen LogP contribution is 2.19. The third-order valence-electron chi connectivity index (χ3n) is 2.03. The summed E-state index contributed by atoms with van der Waals surface area (Å²) in [5.74, 6) is 0. The maximum absolute atomic E-state index is 10.6. The van der Waals surface area contributed by atoms with Crippen molar-refractivity contribution in [2.24, 2.45) is 0 Å². The third kappa shape index (κ3) is 1.94. The molecule has 0 N–H and O–H groups in total. The number of benzene rings is 1. The number of aromatic nitrogens is 2. The fraction of sp³-hybridized carbons (Fsp3) is 0.0909. The van der Waals surface area contributed by atoms with E-state index in [9.17, 15) is 4.79 Å². The molecule has 0 saturated carbocycles. The Hall–Kier alpha value is -1.55. The minimum absolute atomic E-state index is 0.461. The monoisotopic (exact) mass is 218 g/mol. The zero-order valence-corrected chi connectivity index (χ0v) is 9.07. The Labute approximate surface area is 92.1 Å². The van der Waals surface area contributed by atoms with Gasteiger partial charge < -0.3 is 0 Å². The highest BCUT2D eigenvalue weighted by atomic mass is 32.2. The maximum atomic E-state index is 10.6. The van der Waals surface area contributed by atoms with E-state index in [1.54, 1.807) is 22.5 Å². The average Bonchev–Trinajstić information content (AvgIpc) is 2.73. The molecule has 3 nitrogen and oxygen atoms in total. The van der Waals surface area contributed by atoms with Crippen molar-refractivity contribution < 1.29 is 4.79 Å². The van der Waals surface area contributed by atoms with E-state index in [0.29, 0.717) is 5.69 Å². The number of nitrogens with zero attached hydrogens (tertiary/aromatic N) is 2. The predicted molar refractivity (Wildman–Crippen MR) is 60.7 cm³/mol. The van der Waals surface area contributed by atoms with Crippen LogP contribution in [0, 0.1) is 0 Å². The first kappa shape index (κ1) is 9.98. The molecular formula is C11H10N2OS. The van der Waals surface area contributed by atoms with E-state index in [4.69, 9.17) is 0 Å². The minimum atomic E-state index is 0.461. The first-order valence-corrected chi connectivity index (χ1v) is 5.72. The van der Waals surface area contributed by atoms with Crippen molar-refractivity contribution in [1.82, 2.24) is 9.78 Å². The number of thioether (sulfide) groups is 1. The van der Waals surface area contributed by atoms with E-state index in [2.05, 4.69) is 5.10 Å². The van der Waals surface area contributed by atoms with Crippen molar-refractivity contribution in [1.29, 1.82) is 0 Å². The van der Waals surface area contributed by atoms with Crippen LogP contribution in [0.15, 0.2) is 41.4 Å². The summed E-state index contributed by atoms with van der Waals surface area (Å²) in [6.07, 6.45) is 2.73. The van der Waals surface area contributed by atoms with E-state index >= 15 is 0 Å². The first-order valence-electron chi connectivity index (χ1n) is 4.50. The fourth-order valence-corrected chi connectivity index (χ4v) is 1.90. The first-order chi connectivity index (χ1) is 7.35. The molecular weight excluding hydrogens is 208 g/mol. The number of hydrogen-bond donors (Lipinski definition) is 0. The van der Waals surface area contributed by atoms with Crippen LogP contribution in [0.3, 0.4) is 0 Å². The zero-order valence-electron chi connectivity index (χ0n) is 8.25. The summed E-state index contributed by atoms with van der Waals surface area (Å²) in [4.78, 5) is 10.6. The van der Waals surface area contributed by atoms with Gasteiger partial charge in [-0.05, 0) is 18.4 Å². The minimum Gasteiger partial charge on any atom is -0.296 e. The Kier molecular flexibility index (Phi) is 2.87. The quantitative estimate of drug-likeness (QED) is 0.586. The van der Waals surface area contributed by atoms with E-state index in [0.717, 1.165) is 17.0 Å². The van der Waals surface area contributed by atoms with Gasteiger partial charge in [-0.1, -0.05) is 18.2 Å². The second-order valence-corrected chi connectivity index (χ2v) is 3.80. The molecule has 1 heterocycles. The van der Waals surface area contributed by atoms with Gasteiger partial charge in [-0.15, -0.1) is 11.8 Å². The number of para-hydroxylation sites is 1. The molecule has 1 aromatic heterocycles. The van der Waals surface area contributed by atoms with Gasteiger partial charge >= 0.3 is 0 Å². The van der Waals surface area contributed by atoms with Gasteiger partial charge in [0.05, 0.1) is 5.69 Å². The molecule has 0 atom stereocenters. The van der Waals surface area contributed by atoms with Crippen molar-refractivity contribution >= 4 is 18.0 Å². The highest BCUT2D eigenvalue weighted by Gasteiger charge is 2.07. The molecule has 15 heavy (non-hydrogen) atoms. The van der Waals surface area contributed by atoms with Crippen LogP contribution in [-0.4, -0.2) is 22.3 Å². The number of rotatable bonds is 3. The molecule has 0 unspecified atom stereocenters. The Morgan fingerprint density at radius 3 is 2.67 bits per heavy atom. The third-order valence-corrected chi connectivity index (χ3v) is 2.74. The largest absolute Gasteiger partial charge is 0.296 e. The van der Waals surface area contributed by atoms with Crippen LogP contribution >= 0.6 is 11.8 Å². The fourth-order valence-electron chi connectivity index (χ4n) is 1.34. The molecule has 0 aliphatic heterocycles. The van der Waals surface area contributed by atoms with Gasteiger partial charge in [0.2, 0.25) is 0 Å². The van der Waals surface area contributed by atoms with Crippen LogP contribution in [0.5, 0.6) is 0 Å². The Morgan fingerprint density at radius 2 is 2.07 bits per heavy atom. The van der Waals surface area contributed by atoms with Crippen LogP contribution in [0.1, 0.15) is 10.5 Å². The topological polar surface area (TPSA) is 34.9 Å². The molecule has 0 aliphatic rings. The van der Waals surface area contributed by atoms with Crippen LogP contribution < -0.4 is 0 Å². The molecule has 4 heteroatoms. The summed E-state index contributed by atoms with van der Waals surface area (Å²) < 4.78 is 1.77. The lowest BCUT2D eigenvalue weighted by atomic mass is 10.3. The second-order valence-electron chi connectivity index (χ2n) is 2.98. The molecule has 1 aromatic carbocycles.